The Morgan fingerprint density at radius 1 is 1.15 bits per heavy atom. The maximum atomic E-state index is 9.53. The third-order valence-electron chi connectivity index (χ3n) is 3.92. The van der Waals surface area contributed by atoms with Gasteiger partial charge < -0.3 is 9.72 Å². The minimum Gasteiger partial charge on any atom is -0.497 e. The van der Waals surface area contributed by atoms with Crippen molar-refractivity contribution in [2.24, 2.45) is 0 Å². The first-order chi connectivity index (χ1) is 12.8. The summed E-state index contributed by atoms with van der Waals surface area (Å²) < 4.78 is 5.18. The van der Waals surface area contributed by atoms with Crippen molar-refractivity contribution < 1.29 is 4.74 Å². The summed E-state index contributed by atoms with van der Waals surface area (Å²) >= 11 is 1.53. The molecule has 0 unspecified atom stereocenters. The van der Waals surface area contributed by atoms with E-state index >= 15 is 0 Å². The Morgan fingerprint density at radius 2 is 1.96 bits per heavy atom. The first-order valence-corrected chi connectivity index (χ1v) is 8.81. The van der Waals surface area contributed by atoms with Crippen LogP contribution in [0.1, 0.15) is 11.5 Å². The number of nitriles is 1. The first kappa shape index (κ1) is 16.1. The van der Waals surface area contributed by atoms with E-state index in [0.29, 0.717) is 11.4 Å². The molecule has 4 aromatic rings. The number of nitrogens with zero attached hydrogens (tertiary/aromatic N) is 3. The summed E-state index contributed by atoms with van der Waals surface area (Å²) in [5.74, 6) is 1.36. The van der Waals surface area contributed by atoms with Gasteiger partial charge in [-0.15, -0.1) is 11.3 Å². The van der Waals surface area contributed by atoms with Gasteiger partial charge in [0.25, 0.3) is 0 Å². The van der Waals surface area contributed by atoms with E-state index in [1.54, 1.807) is 13.2 Å². The van der Waals surface area contributed by atoms with Gasteiger partial charge in [0.1, 0.15) is 22.7 Å². The van der Waals surface area contributed by atoms with Gasteiger partial charge >= 0.3 is 0 Å². The van der Waals surface area contributed by atoms with Crippen LogP contribution in [0.5, 0.6) is 5.75 Å². The second-order valence-corrected chi connectivity index (χ2v) is 6.44. The number of hydrogen-bond donors (Lipinski definition) is 1. The van der Waals surface area contributed by atoms with E-state index in [1.807, 2.05) is 53.9 Å². The second-order valence-electron chi connectivity index (χ2n) is 5.58. The van der Waals surface area contributed by atoms with Crippen LogP contribution in [-0.4, -0.2) is 22.1 Å². The number of para-hydroxylation sites is 2. The van der Waals surface area contributed by atoms with Crippen LogP contribution in [0.2, 0.25) is 0 Å². The molecule has 0 saturated carbocycles. The standard InChI is InChI=1S/C20H14N4OS/c1-25-16-8-6-13(7-9-16)20-22-15(12-26-20)10-14(11-21)19-23-17-4-2-3-5-18(17)24-19/h2-10,12H,1H3,(H,23,24). The zero-order chi connectivity index (χ0) is 17.9. The Bertz CT molecular complexity index is 1100. The number of thiazole rings is 1. The number of benzene rings is 2. The van der Waals surface area contributed by atoms with Gasteiger partial charge in [-0.3, -0.25) is 0 Å². The fourth-order valence-electron chi connectivity index (χ4n) is 2.60. The molecular formula is C20H14N4OS. The normalized spacial score (nSPS) is 11.5. The van der Waals surface area contributed by atoms with Gasteiger partial charge in [0.05, 0.1) is 29.4 Å². The molecule has 0 aliphatic carbocycles. The van der Waals surface area contributed by atoms with Crippen LogP contribution >= 0.6 is 11.3 Å². The molecule has 0 spiro atoms. The Labute approximate surface area is 154 Å². The predicted octanol–water partition coefficient (Wildman–Crippen LogP) is 4.76. The molecule has 5 nitrogen and oxygen atoms in total. The summed E-state index contributed by atoms with van der Waals surface area (Å²) in [6.07, 6.45) is 1.75. The predicted molar refractivity (Wildman–Crippen MR) is 104 cm³/mol. The first-order valence-electron chi connectivity index (χ1n) is 7.93. The lowest BCUT2D eigenvalue weighted by Crippen LogP contribution is -1.85. The molecule has 0 aliphatic rings. The van der Waals surface area contributed by atoms with Gasteiger partial charge in [-0.2, -0.15) is 5.26 Å². The minimum atomic E-state index is 0.452. The van der Waals surface area contributed by atoms with Crippen molar-refractivity contribution >= 4 is 34.0 Å². The molecule has 0 aliphatic heterocycles. The number of nitrogens with one attached hydrogen (secondary N) is 1. The topological polar surface area (TPSA) is 74.6 Å². The van der Waals surface area contributed by atoms with Crippen LogP contribution in [0, 0.1) is 11.3 Å². The van der Waals surface area contributed by atoms with Crippen LogP contribution in [0.3, 0.4) is 0 Å². The van der Waals surface area contributed by atoms with Crippen LogP contribution in [0.25, 0.3) is 33.3 Å². The Balaban J connectivity index is 1.66. The number of aromatic nitrogens is 3. The highest BCUT2D eigenvalue weighted by Gasteiger charge is 2.10. The summed E-state index contributed by atoms with van der Waals surface area (Å²) in [5.41, 5.74) is 3.94. The Morgan fingerprint density at radius 3 is 2.69 bits per heavy atom. The number of rotatable bonds is 4. The molecular weight excluding hydrogens is 344 g/mol. The third-order valence-corrected chi connectivity index (χ3v) is 4.83. The van der Waals surface area contributed by atoms with Crippen molar-refractivity contribution in [1.82, 2.24) is 15.0 Å². The molecule has 0 atom stereocenters. The fourth-order valence-corrected chi connectivity index (χ4v) is 3.38. The van der Waals surface area contributed by atoms with Crippen molar-refractivity contribution in [3.8, 4) is 22.4 Å². The average molecular weight is 358 g/mol. The van der Waals surface area contributed by atoms with Gasteiger partial charge in [-0.1, -0.05) is 12.1 Å². The third kappa shape index (κ3) is 3.08. The summed E-state index contributed by atoms with van der Waals surface area (Å²) in [4.78, 5) is 12.3. The van der Waals surface area contributed by atoms with E-state index in [0.717, 1.165) is 33.0 Å². The van der Waals surface area contributed by atoms with E-state index in [9.17, 15) is 5.26 Å². The zero-order valence-electron chi connectivity index (χ0n) is 13.9. The van der Waals surface area contributed by atoms with E-state index in [2.05, 4.69) is 21.0 Å². The number of imidazole rings is 1. The number of aromatic amines is 1. The molecule has 0 bridgehead atoms. The van der Waals surface area contributed by atoms with Gasteiger partial charge in [-0.25, -0.2) is 9.97 Å². The molecule has 0 saturated heterocycles. The zero-order valence-corrected chi connectivity index (χ0v) is 14.7. The molecule has 0 radical (unpaired) electrons. The summed E-state index contributed by atoms with van der Waals surface area (Å²) in [6.45, 7) is 0. The highest BCUT2D eigenvalue weighted by molar-refractivity contribution is 7.13. The van der Waals surface area contributed by atoms with Gasteiger partial charge in [0, 0.05) is 10.9 Å². The van der Waals surface area contributed by atoms with Crippen molar-refractivity contribution in [1.29, 1.82) is 5.26 Å². The second kappa shape index (κ2) is 6.82. The smallest absolute Gasteiger partial charge is 0.149 e. The van der Waals surface area contributed by atoms with Crippen molar-refractivity contribution in [3.63, 3.8) is 0 Å². The van der Waals surface area contributed by atoms with E-state index < -0.39 is 0 Å². The molecule has 4 rings (SSSR count). The number of ether oxygens (including phenoxy) is 1. The Kier molecular flexibility index (Phi) is 4.22. The van der Waals surface area contributed by atoms with Crippen molar-refractivity contribution in [2.45, 2.75) is 0 Å². The summed E-state index contributed by atoms with van der Waals surface area (Å²) in [6, 6.07) is 17.7. The molecule has 0 amide bonds. The minimum absolute atomic E-state index is 0.452. The molecule has 126 valence electrons. The van der Waals surface area contributed by atoms with Gasteiger partial charge in [0.2, 0.25) is 0 Å². The monoisotopic (exact) mass is 358 g/mol. The van der Waals surface area contributed by atoms with E-state index in [4.69, 9.17) is 4.74 Å². The maximum absolute atomic E-state index is 9.53. The molecule has 6 heteroatoms. The largest absolute Gasteiger partial charge is 0.497 e. The van der Waals surface area contributed by atoms with Crippen LogP contribution in [0.4, 0.5) is 0 Å². The lowest BCUT2D eigenvalue weighted by Gasteiger charge is -2.00. The molecule has 2 heterocycles. The quantitative estimate of drug-likeness (QED) is 0.534. The molecule has 2 aromatic heterocycles. The van der Waals surface area contributed by atoms with Crippen molar-refractivity contribution in [2.75, 3.05) is 7.11 Å². The molecule has 2 aromatic carbocycles. The van der Waals surface area contributed by atoms with Gasteiger partial charge in [-0.05, 0) is 42.5 Å². The number of methoxy groups -OCH3 is 1. The van der Waals surface area contributed by atoms with Gasteiger partial charge in [0.15, 0.2) is 0 Å². The number of allylic oxidation sites excluding steroid dienone is 1. The van der Waals surface area contributed by atoms with Crippen molar-refractivity contribution in [3.05, 3.63) is 65.4 Å². The summed E-state index contributed by atoms with van der Waals surface area (Å²) in [7, 11) is 1.64. The van der Waals surface area contributed by atoms with E-state index in [-0.39, 0.29) is 0 Å². The molecule has 26 heavy (non-hydrogen) atoms. The highest BCUT2D eigenvalue weighted by atomic mass is 32.1. The van der Waals surface area contributed by atoms with Crippen LogP contribution in [-0.2, 0) is 0 Å². The number of hydrogen-bond acceptors (Lipinski definition) is 5. The Hall–Kier alpha value is -3.43. The SMILES string of the molecule is COc1ccc(-c2nc(C=C(C#N)c3nc4ccccc4[nH]3)cs2)cc1. The number of H-pyrrole nitrogens is 1. The van der Waals surface area contributed by atoms with E-state index in [1.165, 1.54) is 11.3 Å². The maximum Gasteiger partial charge on any atom is 0.149 e. The fraction of sp³-hybridized carbons (Fsp3) is 0.0500. The average Bonchev–Trinajstić information content (AvgIpc) is 3.33. The summed E-state index contributed by atoms with van der Waals surface area (Å²) in [5, 5.41) is 12.4. The van der Waals surface area contributed by atoms with Crippen LogP contribution < -0.4 is 4.74 Å². The highest BCUT2D eigenvalue weighted by Crippen LogP contribution is 2.27. The lowest BCUT2D eigenvalue weighted by atomic mass is 10.2. The molecule has 1 N–H and O–H groups in total. The van der Waals surface area contributed by atoms with Crippen LogP contribution in [0.15, 0.2) is 53.9 Å². The number of fused-ring (bicyclic) bond motifs is 1. The lowest BCUT2D eigenvalue weighted by molar-refractivity contribution is 0.415. The molecule has 0 fully saturated rings.